The quantitative estimate of drug-likeness (QED) is 0.749. The number of amides is 1. The van der Waals surface area contributed by atoms with E-state index in [-0.39, 0.29) is 12.5 Å². The van der Waals surface area contributed by atoms with Crippen molar-refractivity contribution in [1.82, 2.24) is 0 Å². The lowest BCUT2D eigenvalue weighted by molar-refractivity contribution is -0.118. The zero-order chi connectivity index (χ0) is 16.9. The van der Waals surface area contributed by atoms with Gasteiger partial charge in [0.25, 0.3) is 5.91 Å². The number of anilines is 1. The number of fused-ring (bicyclic) bond motifs is 1. The van der Waals surface area contributed by atoms with Crippen LogP contribution in [0.25, 0.3) is 10.8 Å². The van der Waals surface area contributed by atoms with E-state index in [9.17, 15) is 9.90 Å². The highest BCUT2D eigenvalue weighted by atomic mass is 16.5. The molecule has 0 heterocycles. The zero-order valence-corrected chi connectivity index (χ0v) is 13.4. The van der Waals surface area contributed by atoms with Crippen molar-refractivity contribution in [2.45, 2.75) is 13.0 Å². The number of hydrogen-bond acceptors (Lipinski definition) is 3. The number of carbonyl (C=O) groups is 1. The van der Waals surface area contributed by atoms with Crippen LogP contribution in [0.1, 0.15) is 18.6 Å². The van der Waals surface area contributed by atoms with Crippen molar-refractivity contribution in [1.29, 1.82) is 0 Å². The van der Waals surface area contributed by atoms with Gasteiger partial charge in [0.1, 0.15) is 5.75 Å². The van der Waals surface area contributed by atoms with Crippen LogP contribution in [-0.4, -0.2) is 17.6 Å². The van der Waals surface area contributed by atoms with Gasteiger partial charge in [0.2, 0.25) is 0 Å². The zero-order valence-electron chi connectivity index (χ0n) is 13.4. The molecular formula is C20H19NO3. The molecule has 0 saturated heterocycles. The Labute approximate surface area is 140 Å². The summed E-state index contributed by atoms with van der Waals surface area (Å²) in [6.45, 7) is 1.61. The average Bonchev–Trinajstić information content (AvgIpc) is 2.60. The molecule has 0 aliphatic rings. The molecule has 4 heteroatoms. The minimum absolute atomic E-state index is 0.0765. The first-order valence-electron chi connectivity index (χ1n) is 7.82. The maximum absolute atomic E-state index is 12.1. The summed E-state index contributed by atoms with van der Waals surface area (Å²) in [5.74, 6) is 0.437. The number of aliphatic hydroxyl groups excluding tert-OH is 1. The Morgan fingerprint density at radius 2 is 1.83 bits per heavy atom. The Morgan fingerprint density at radius 1 is 1.08 bits per heavy atom. The lowest BCUT2D eigenvalue weighted by Crippen LogP contribution is -2.20. The fraction of sp³-hybridized carbons (Fsp3) is 0.150. The summed E-state index contributed by atoms with van der Waals surface area (Å²) in [6.07, 6.45) is -0.575. The summed E-state index contributed by atoms with van der Waals surface area (Å²) in [7, 11) is 0. The molecule has 122 valence electrons. The number of nitrogens with one attached hydrogen (secondary N) is 1. The third-order valence-electron chi connectivity index (χ3n) is 3.76. The minimum Gasteiger partial charge on any atom is -0.483 e. The van der Waals surface area contributed by atoms with E-state index in [2.05, 4.69) is 5.32 Å². The maximum atomic E-state index is 12.1. The molecule has 0 radical (unpaired) electrons. The molecule has 0 bridgehead atoms. The van der Waals surface area contributed by atoms with E-state index in [1.54, 1.807) is 25.1 Å². The molecule has 1 amide bonds. The van der Waals surface area contributed by atoms with Crippen molar-refractivity contribution in [2.24, 2.45) is 0 Å². The van der Waals surface area contributed by atoms with Crippen LogP contribution < -0.4 is 10.1 Å². The summed E-state index contributed by atoms with van der Waals surface area (Å²) in [4.78, 5) is 12.1. The molecule has 2 N–H and O–H groups in total. The van der Waals surface area contributed by atoms with Gasteiger partial charge in [-0.15, -0.1) is 0 Å². The van der Waals surface area contributed by atoms with Gasteiger partial charge < -0.3 is 15.2 Å². The van der Waals surface area contributed by atoms with E-state index in [4.69, 9.17) is 4.74 Å². The van der Waals surface area contributed by atoms with Crippen LogP contribution in [0, 0.1) is 0 Å². The van der Waals surface area contributed by atoms with Gasteiger partial charge in [-0.2, -0.15) is 0 Å². The maximum Gasteiger partial charge on any atom is 0.262 e. The summed E-state index contributed by atoms with van der Waals surface area (Å²) in [6, 6.07) is 20.8. The van der Waals surface area contributed by atoms with Crippen molar-refractivity contribution in [3.8, 4) is 5.75 Å². The number of carbonyl (C=O) groups excluding carboxylic acids is 1. The molecule has 0 spiro atoms. The van der Waals surface area contributed by atoms with Crippen molar-refractivity contribution >= 4 is 22.4 Å². The van der Waals surface area contributed by atoms with E-state index in [1.807, 2.05) is 48.5 Å². The topological polar surface area (TPSA) is 58.6 Å². The second-order valence-electron chi connectivity index (χ2n) is 5.62. The second-order valence-corrected chi connectivity index (χ2v) is 5.62. The third-order valence-corrected chi connectivity index (χ3v) is 3.76. The normalized spacial score (nSPS) is 11.9. The van der Waals surface area contributed by atoms with Gasteiger partial charge in [0, 0.05) is 11.1 Å². The average molecular weight is 321 g/mol. The van der Waals surface area contributed by atoms with E-state index in [0.29, 0.717) is 11.4 Å². The first-order valence-corrected chi connectivity index (χ1v) is 7.82. The summed E-state index contributed by atoms with van der Waals surface area (Å²) < 4.78 is 5.67. The molecule has 0 saturated carbocycles. The SMILES string of the molecule is C[C@@H](O)c1cccc(NC(=O)COc2cccc3ccccc23)c1. The molecule has 1 atom stereocenters. The van der Waals surface area contributed by atoms with Crippen LogP contribution in [-0.2, 0) is 4.79 Å². The molecule has 3 aromatic carbocycles. The van der Waals surface area contributed by atoms with Crippen molar-refractivity contribution in [2.75, 3.05) is 11.9 Å². The highest BCUT2D eigenvalue weighted by molar-refractivity contribution is 5.93. The van der Waals surface area contributed by atoms with E-state index < -0.39 is 6.10 Å². The Morgan fingerprint density at radius 3 is 2.67 bits per heavy atom. The molecule has 4 nitrogen and oxygen atoms in total. The predicted molar refractivity (Wildman–Crippen MR) is 95.1 cm³/mol. The van der Waals surface area contributed by atoms with Crippen LogP contribution in [0.3, 0.4) is 0 Å². The smallest absolute Gasteiger partial charge is 0.262 e. The van der Waals surface area contributed by atoms with E-state index >= 15 is 0 Å². The Hall–Kier alpha value is -2.85. The van der Waals surface area contributed by atoms with Gasteiger partial charge in [-0.05, 0) is 36.1 Å². The minimum atomic E-state index is -0.575. The van der Waals surface area contributed by atoms with Gasteiger partial charge in [-0.25, -0.2) is 0 Å². The van der Waals surface area contributed by atoms with Crippen LogP contribution in [0.4, 0.5) is 5.69 Å². The number of rotatable bonds is 5. The fourth-order valence-corrected chi connectivity index (χ4v) is 2.54. The van der Waals surface area contributed by atoms with Crippen LogP contribution in [0.5, 0.6) is 5.75 Å². The van der Waals surface area contributed by atoms with Gasteiger partial charge in [0.05, 0.1) is 6.10 Å². The van der Waals surface area contributed by atoms with Gasteiger partial charge in [-0.1, -0.05) is 48.5 Å². The highest BCUT2D eigenvalue weighted by Crippen LogP contribution is 2.25. The van der Waals surface area contributed by atoms with E-state index in [0.717, 1.165) is 16.3 Å². The molecule has 0 aliphatic carbocycles. The molecule has 0 aliphatic heterocycles. The Balaban J connectivity index is 1.66. The first kappa shape index (κ1) is 16.0. The molecule has 3 aromatic rings. The monoisotopic (exact) mass is 321 g/mol. The summed E-state index contributed by atoms with van der Waals surface area (Å²) in [5.41, 5.74) is 1.39. The number of benzene rings is 3. The molecular weight excluding hydrogens is 302 g/mol. The van der Waals surface area contributed by atoms with Crippen LogP contribution in [0.15, 0.2) is 66.7 Å². The standard InChI is InChI=1S/C20H19NO3/c1-14(22)16-8-4-9-17(12-16)21-20(23)13-24-19-11-5-7-15-6-2-3-10-18(15)19/h2-12,14,22H,13H2,1H3,(H,21,23)/t14-/m1/s1. The van der Waals surface area contributed by atoms with Crippen LogP contribution >= 0.6 is 0 Å². The van der Waals surface area contributed by atoms with E-state index in [1.165, 1.54) is 0 Å². The molecule has 24 heavy (non-hydrogen) atoms. The fourth-order valence-electron chi connectivity index (χ4n) is 2.54. The molecule has 0 unspecified atom stereocenters. The predicted octanol–water partition coefficient (Wildman–Crippen LogP) is 3.91. The Kier molecular flexibility index (Phi) is 4.77. The highest BCUT2D eigenvalue weighted by Gasteiger charge is 2.07. The van der Waals surface area contributed by atoms with Crippen molar-refractivity contribution in [3.63, 3.8) is 0 Å². The number of ether oxygens (including phenoxy) is 1. The van der Waals surface area contributed by atoms with Gasteiger partial charge >= 0.3 is 0 Å². The Bertz CT molecular complexity index is 853. The lowest BCUT2D eigenvalue weighted by atomic mass is 10.1. The van der Waals surface area contributed by atoms with Gasteiger partial charge in [0.15, 0.2) is 6.61 Å². The lowest BCUT2D eigenvalue weighted by Gasteiger charge is -2.11. The van der Waals surface area contributed by atoms with Gasteiger partial charge in [-0.3, -0.25) is 4.79 Å². The largest absolute Gasteiger partial charge is 0.483 e. The second kappa shape index (κ2) is 7.15. The first-order chi connectivity index (χ1) is 11.6. The summed E-state index contributed by atoms with van der Waals surface area (Å²) in [5, 5.41) is 14.4. The summed E-state index contributed by atoms with van der Waals surface area (Å²) >= 11 is 0. The molecule has 0 fully saturated rings. The van der Waals surface area contributed by atoms with Crippen molar-refractivity contribution < 1.29 is 14.6 Å². The molecule has 0 aromatic heterocycles. The number of aliphatic hydroxyl groups is 1. The number of hydrogen-bond donors (Lipinski definition) is 2. The van der Waals surface area contributed by atoms with Crippen LogP contribution in [0.2, 0.25) is 0 Å². The third kappa shape index (κ3) is 3.73. The van der Waals surface area contributed by atoms with Crippen molar-refractivity contribution in [3.05, 3.63) is 72.3 Å². The molecule has 3 rings (SSSR count).